The highest BCUT2D eigenvalue weighted by molar-refractivity contribution is 5.93. The van der Waals surface area contributed by atoms with Crippen LogP contribution in [0.5, 0.6) is 0 Å². The zero-order valence-electron chi connectivity index (χ0n) is 14.4. The van der Waals surface area contributed by atoms with Crippen LogP contribution in [0.25, 0.3) is 0 Å². The van der Waals surface area contributed by atoms with E-state index in [0.29, 0.717) is 29.3 Å². The van der Waals surface area contributed by atoms with Crippen molar-refractivity contribution in [3.8, 4) is 0 Å². The molecule has 7 heteroatoms. The maximum atomic E-state index is 12.0. The highest BCUT2D eigenvalue weighted by atomic mass is 16.5. The molecular weight excluding hydrogens is 320 g/mol. The average molecular weight is 342 g/mol. The lowest BCUT2D eigenvalue weighted by molar-refractivity contribution is 0.0600. The Labute approximate surface area is 146 Å². The number of nitrogens with zero attached hydrogens (tertiary/aromatic N) is 2. The van der Waals surface area contributed by atoms with Gasteiger partial charge in [-0.15, -0.1) is 0 Å². The molecule has 1 amide bonds. The highest BCUT2D eigenvalue weighted by Gasteiger charge is 2.08. The number of methoxy groups -OCH3 is 1. The molecular formula is C18H22N4O3. The minimum atomic E-state index is -0.417. The number of carbonyl (C=O) groups is 2. The van der Waals surface area contributed by atoms with Gasteiger partial charge in [-0.1, -0.05) is 25.8 Å². The molecule has 2 aromatic rings. The van der Waals surface area contributed by atoms with Gasteiger partial charge in [0.1, 0.15) is 0 Å². The Morgan fingerprint density at radius 1 is 1.12 bits per heavy atom. The molecule has 1 aromatic heterocycles. The molecule has 0 spiro atoms. The van der Waals surface area contributed by atoms with E-state index in [0.717, 1.165) is 19.3 Å². The van der Waals surface area contributed by atoms with Crippen molar-refractivity contribution in [3.05, 3.63) is 47.8 Å². The van der Waals surface area contributed by atoms with Crippen LogP contribution < -0.4 is 10.6 Å². The second-order valence-electron chi connectivity index (χ2n) is 5.46. The third kappa shape index (κ3) is 5.56. The lowest BCUT2D eigenvalue weighted by Gasteiger charge is -2.07. The molecule has 1 aromatic carbocycles. The van der Waals surface area contributed by atoms with Crippen LogP contribution in [0.15, 0.2) is 36.7 Å². The quantitative estimate of drug-likeness (QED) is 0.566. The van der Waals surface area contributed by atoms with Gasteiger partial charge in [-0.2, -0.15) is 0 Å². The first-order valence-corrected chi connectivity index (χ1v) is 8.19. The lowest BCUT2D eigenvalue weighted by Crippen LogP contribution is -2.24. The molecule has 7 nitrogen and oxygen atoms in total. The molecule has 1 heterocycles. The third-order valence-corrected chi connectivity index (χ3v) is 3.52. The Morgan fingerprint density at radius 2 is 1.88 bits per heavy atom. The number of benzene rings is 1. The van der Waals surface area contributed by atoms with E-state index in [9.17, 15) is 9.59 Å². The van der Waals surface area contributed by atoms with Crippen molar-refractivity contribution >= 4 is 23.5 Å². The second kappa shape index (κ2) is 9.36. The minimum absolute atomic E-state index is 0.185. The van der Waals surface area contributed by atoms with Crippen molar-refractivity contribution in [2.45, 2.75) is 26.2 Å². The van der Waals surface area contributed by atoms with Crippen LogP contribution in [-0.2, 0) is 4.74 Å². The number of hydrogen-bond acceptors (Lipinski definition) is 6. The number of anilines is 2. The summed E-state index contributed by atoms with van der Waals surface area (Å²) in [5.74, 6) is -0.264. The van der Waals surface area contributed by atoms with Gasteiger partial charge in [0.15, 0.2) is 0 Å². The fraction of sp³-hybridized carbons (Fsp3) is 0.333. The van der Waals surface area contributed by atoms with Crippen molar-refractivity contribution in [1.29, 1.82) is 0 Å². The number of aromatic nitrogens is 2. The molecule has 2 rings (SSSR count). The SMILES string of the molecule is CCCCCNC(=O)c1cnc(Nc2cccc(C(=O)OC)c2)nc1. The highest BCUT2D eigenvalue weighted by Crippen LogP contribution is 2.15. The van der Waals surface area contributed by atoms with Crippen molar-refractivity contribution in [1.82, 2.24) is 15.3 Å². The number of ether oxygens (including phenoxy) is 1. The van der Waals surface area contributed by atoms with E-state index in [4.69, 9.17) is 0 Å². The first-order valence-electron chi connectivity index (χ1n) is 8.19. The molecule has 0 saturated heterocycles. The molecule has 132 valence electrons. The number of esters is 1. The molecule has 0 aliphatic carbocycles. The van der Waals surface area contributed by atoms with Gasteiger partial charge in [0, 0.05) is 24.6 Å². The van der Waals surface area contributed by atoms with E-state index in [2.05, 4.69) is 32.3 Å². The monoisotopic (exact) mass is 342 g/mol. The van der Waals surface area contributed by atoms with Gasteiger partial charge >= 0.3 is 5.97 Å². The van der Waals surface area contributed by atoms with Gasteiger partial charge in [0.2, 0.25) is 5.95 Å². The fourth-order valence-corrected chi connectivity index (χ4v) is 2.16. The normalized spacial score (nSPS) is 10.2. The first kappa shape index (κ1) is 18.4. The maximum Gasteiger partial charge on any atom is 0.337 e. The fourth-order valence-electron chi connectivity index (χ4n) is 2.16. The number of amides is 1. The van der Waals surface area contributed by atoms with E-state index in [-0.39, 0.29) is 5.91 Å². The Hall–Kier alpha value is -2.96. The standard InChI is InChI=1S/C18H22N4O3/c1-3-4-5-9-19-16(23)14-11-20-18(21-12-14)22-15-8-6-7-13(10-15)17(24)25-2/h6-8,10-12H,3-5,9H2,1-2H3,(H,19,23)(H,20,21,22). The number of hydrogen-bond donors (Lipinski definition) is 2. The van der Waals surface area contributed by atoms with Crippen LogP contribution in [0.1, 0.15) is 46.9 Å². The zero-order chi connectivity index (χ0) is 18.1. The number of carbonyl (C=O) groups excluding carboxylic acids is 2. The third-order valence-electron chi connectivity index (χ3n) is 3.52. The molecule has 25 heavy (non-hydrogen) atoms. The van der Waals surface area contributed by atoms with Gasteiger partial charge in [0.25, 0.3) is 5.91 Å². The van der Waals surface area contributed by atoms with Crippen molar-refractivity contribution in [2.24, 2.45) is 0 Å². The van der Waals surface area contributed by atoms with E-state index in [1.807, 2.05) is 0 Å². The topological polar surface area (TPSA) is 93.2 Å². The first-order chi connectivity index (χ1) is 12.1. The Morgan fingerprint density at radius 3 is 2.56 bits per heavy atom. The summed E-state index contributed by atoms with van der Waals surface area (Å²) in [5, 5.41) is 5.83. The zero-order valence-corrected chi connectivity index (χ0v) is 14.4. The summed E-state index contributed by atoms with van der Waals surface area (Å²) < 4.78 is 4.69. The molecule has 0 radical (unpaired) electrons. The summed E-state index contributed by atoms with van der Waals surface area (Å²) in [6.07, 6.45) is 6.09. The van der Waals surface area contributed by atoms with Gasteiger partial charge in [-0.25, -0.2) is 14.8 Å². The van der Waals surface area contributed by atoms with Gasteiger partial charge in [-0.3, -0.25) is 4.79 Å². The predicted octanol–water partition coefficient (Wildman–Crippen LogP) is 2.93. The molecule has 0 unspecified atom stereocenters. The van der Waals surface area contributed by atoms with Crippen molar-refractivity contribution in [3.63, 3.8) is 0 Å². The molecule has 0 bridgehead atoms. The summed E-state index contributed by atoms with van der Waals surface area (Å²) in [6, 6.07) is 6.81. The molecule has 0 aliphatic rings. The van der Waals surface area contributed by atoms with E-state index < -0.39 is 5.97 Å². The van der Waals surface area contributed by atoms with Crippen LogP contribution in [0.3, 0.4) is 0 Å². The average Bonchev–Trinajstić information content (AvgIpc) is 2.65. The number of nitrogens with one attached hydrogen (secondary N) is 2. The largest absolute Gasteiger partial charge is 0.465 e. The van der Waals surface area contributed by atoms with Crippen LogP contribution in [0.2, 0.25) is 0 Å². The van der Waals surface area contributed by atoms with Crippen LogP contribution in [0, 0.1) is 0 Å². The number of unbranched alkanes of at least 4 members (excludes halogenated alkanes) is 2. The summed E-state index contributed by atoms with van der Waals surface area (Å²) in [5.41, 5.74) is 1.49. The Bertz CT molecular complexity index is 717. The molecule has 0 atom stereocenters. The molecule has 2 N–H and O–H groups in total. The Kier molecular flexibility index (Phi) is 6.88. The molecule has 0 aliphatic heterocycles. The van der Waals surface area contributed by atoms with Crippen molar-refractivity contribution < 1.29 is 14.3 Å². The summed E-state index contributed by atoms with van der Waals surface area (Å²) in [4.78, 5) is 31.8. The minimum Gasteiger partial charge on any atom is -0.465 e. The lowest BCUT2D eigenvalue weighted by atomic mass is 10.2. The van der Waals surface area contributed by atoms with Gasteiger partial charge in [-0.05, 0) is 24.6 Å². The maximum absolute atomic E-state index is 12.0. The molecule has 0 saturated carbocycles. The summed E-state index contributed by atoms with van der Waals surface area (Å²) in [6.45, 7) is 2.76. The smallest absolute Gasteiger partial charge is 0.337 e. The summed E-state index contributed by atoms with van der Waals surface area (Å²) in [7, 11) is 1.33. The van der Waals surface area contributed by atoms with Gasteiger partial charge < -0.3 is 15.4 Å². The second-order valence-corrected chi connectivity index (χ2v) is 5.46. The predicted molar refractivity (Wildman–Crippen MR) is 95.0 cm³/mol. The van der Waals surface area contributed by atoms with Crippen molar-refractivity contribution in [2.75, 3.05) is 19.0 Å². The summed E-state index contributed by atoms with van der Waals surface area (Å²) >= 11 is 0. The van der Waals surface area contributed by atoms with Crippen LogP contribution >= 0.6 is 0 Å². The van der Waals surface area contributed by atoms with E-state index >= 15 is 0 Å². The molecule has 0 fully saturated rings. The Balaban J connectivity index is 1.96. The van der Waals surface area contributed by atoms with E-state index in [1.165, 1.54) is 19.5 Å². The van der Waals surface area contributed by atoms with Crippen LogP contribution in [0.4, 0.5) is 11.6 Å². The van der Waals surface area contributed by atoms with E-state index in [1.54, 1.807) is 24.3 Å². The van der Waals surface area contributed by atoms with Crippen LogP contribution in [-0.4, -0.2) is 35.5 Å². The number of rotatable bonds is 8. The van der Waals surface area contributed by atoms with Gasteiger partial charge in [0.05, 0.1) is 18.2 Å².